The van der Waals surface area contributed by atoms with Gasteiger partial charge in [-0.25, -0.2) is 9.97 Å². The van der Waals surface area contributed by atoms with Gasteiger partial charge in [0.1, 0.15) is 11.6 Å². The molecule has 0 saturated carbocycles. The van der Waals surface area contributed by atoms with E-state index in [-0.39, 0.29) is 0 Å². The minimum Gasteiger partial charge on any atom is -0.370 e. The number of nitrogens with one attached hydrogen (secondary N) is 1. The van der Waals surface area contributed by atoms with Crippen LogP contribution in [0.5, 0.6) is 0 Å². The number of rotatable bonds is 7. The zero-order valence-corrected chi connectivity index (χ0v) is 13.1. The summed E-state index contributed by atoms with van der Waals surface area (Å²) < 4.78 is 0. The molecule has 0 aliphatic carbocycles. The first-order valence-corrected chi connectivity index (χ1v) is 7.42. The third-order valence-electron chi connectivity index (χ3n) is 3.28. The van der Waals surface area contributed by atoms with E-state index in [2.05, 4.69) is 57.6 Å². The Morgan fingerprint density at radius 2 is 1.86 bits per heavy atom. The smallest absolute Gasteiger partial charge is 0.129 e. The summed E-state index contributed by atoms with van der Waals surface area (Å²) in [6.45, 7) is 6.89. The van der Waals surface area contributed by atoms with Crippen molar-refractivity contribution in [3.63, 3.8) is 0 Å². The first-order chi connectivity index (χ1) is 10.1. The van der Waals surface area contributed by atoms with Gasteiger partial charge in [0.05, 0.1) is 0 Å². The van der Waals surface area contributed by atoms with Crippen molar-refractivity contribution < 1.29 is 0 Å². The fourth-order valence-corrected chi connectivity index (χ4v) is 2.35. The van der Waals surface area contributed by atoms with E-state index in [1.807, 2.05) is 19.9 Å². The second kappa shape index (κ2) is 7.74. The van der Waals surface area contributed by atoms with Gasteiger partial charge in [-0.15, -0.1) is 0 Å². The fourth-order valence-electron chi connectivity index (χ4n) is 2.35. The Morgan fingerprint density at radius 3 is 2.57 bits per heavy atom. The molecule has 2 aromatic rings. The zero-order valence-electron chi connectivity index (χ0n) is 13.1. The maximum Gasteiger partial charge on any atom is 0.129 e. The molecule has 0 saturated heterocycles. The van der Waals surface area contributed by atoms with E-state index in [4.69, 9.17) is 0 Å². The van der Waals surface area contributed by atoms with Gasteiger partial charge in [0, 0.05) is 24.8 Å². The van der Waals surface area contributed by atoms with Crippen LogP contribution in [0.4, 0.5) is 5.82 Å². The summed E-state index contributed by atoms with van der Waals surface area (Å²) in [6.07, 6.45) is 1.09. The lowest BCUT2D eigenvalue weighted by Crippen LogP contribution is -2.21. The average molecular weight is 284 g/mol. The van der Waals surface area contributed by atoms with Crippen molar-refractivity contribution in [2.45, 2.75) is 26.8 Å². The highest BCUT2D eigenvalue weighted by molar-refractivity contribution is 5.35. The number of anilines is 1. The summed E-state index contributed by atoms with van der Waals surface area (Å²) in [6, 6.07) is 12.6. The molecule has 0 bridgehead atoms. The van der Waals surface area contributed by atoms with Crippen LogP contribution < -0.4 is 5.32 Å². The van der Waals surface area contributed by atoms with Crippen molar-refractivity contribution in [2.75, 3.05) is 25.5 Å². The van der Waals surface area contributed by atoms with Gasteiger partial charge >= 0.3 is 0 Å². The zero-order chi connectivity index (χ0) is 15.1. The van der Waals surface area contributed by atoms with Crippen LogP contribution in [-0.4, -0.2) is 35.0 Å². The molecule has 0 aliphatic rings. The largest absolute Gasteiger partial charge is 0.370 e. The normalized spacial score (nSPS) is 10.9. The third kappa shape index (κ3) is 5.52. The molecule has 1 aromatic carbocycles. The molecular weight excluding hydrogens is 260 g/mol. The van der Waals surface area contributed by atoms with E-state index in [1.54, 1.807) is 0 Å². The number of aryl methyl sites for hydroxylation is 2. The molecule has 4 nitrogen and oxygen atoms in total. The highest BCUT2D eigenvalue weighted by Crippen LogP contribution is 2.06. The van der Waals surface area contributed by atoms with Crippen molar-refractivity contribution in [3.8, 4) is 0 Å². The SMILES string of the molecule is Cc1cc(NCCCN(C)Cc2ccccc2)nc(C)n1. The van der Waals surface area contributed by atoms with Crippen LogP contribution in [0.25, 0.3) is 0 Å². The first kappa shape index (κ1) is 15.4. The first-order valence-electron chi connectivity index (χ1n) is 7.42. The molecule has 0 aliphatic heterocycles. The Morgan fingerprint density at radius 1 is 1.10 bits per heavy atom. The molecule has 1 aromatic heterocycles. The molecule has 2 rings (SSSR count). The highest BCUT2D eigenvalue weighted by Gasteiger charge is 2.01. The number of hydrogen-bond donors (Lipinski definition) is 1. The maximum atomic E-state index is 4.38. The lowest BCUT2D eigenvalue weighted by Gasteiger charge is -2.17. The van der Waals surface area contributed by atoms with Crippen LogP contribution in [0.3, 0.4) is 0 Å². The standard InChI is InChI=1S/C17H24N4/c1-14-12-17(20-15(2)19-14)18-10-7-11-21(3)13-16-8-5-4-6-9-16/h4-6,8-9,12H,7,10-11,13H2,1-3H3,(H,18,19,20). The summed E-state index contributed by atoms with van der Waals surface area (Å²) in [5.41, 5.74) is 2.36. The van der Waals surface area contributed by atoms with E-state index >= 15 is 0 Å². The molecule has 112 valence electrons. The Labute approximate surface area is 127 Å². The van der Waals surface area contributed by atoms with Crippen molar-refractivity contribution in [1.29, 1.82) is 0 Å². The van der Waals surface area contributed by atoms with Gasteiger partial charge in [0.2, 0.25) is 0 Å². The number of benzene rings is 1. The molecule has 4 heteroatoms. The Balaban J connectivity index is 1.69. The Kier molecular flexibility index (Phi) is 5.69. The second-order valence-electron chi connectivity index (χ2n) is 5.45. The topological polar surface area (TPSA) is 41.0 Å². The molecule has 1 N–H and O–H groups in total. The maximum absolute atomic E-state index is 4.38. The molecule has 0 spiro atoms. The van der Waals surface area contributed by atoms with Crippen molar-refractivity contribution in [3.05, 3.63) is 53.5 Å². The molecular formula is C17H24N4. The summed E-state index contributed by atoms with van der Waals surface area (Å²) in [5.74, 6) is 1.74. The van der Waals surface area contributed by atoms with E-state index in [9.17, 15) is 0 Å². The molecule has 0 amide bonds. The van der Waals surface area contributed by atoms with Crippen LogP contribution in [0.2, 0.25) is 0 Å². The van der Waals surface area contributed by atoms with Crippen LogP contribution in [0.1, 0.15) is 23.5 Å². The molecule has 21 heavy (non-hydrogen) atoms. The van der Waals surface area contributed by atoms with Crippen LogP contribution in [-0.2, 0) is 6.54 Å². The highest BCUT2D eigenvalue weighted by atomic mass is 15.1. The molecule has 0 radical (unpaired) electrons. The predicted molar refractivity (Wildman–Crippen MR) is 87.4 cm³/mol. The van der Waals surface area contributed by atoms with Crippen LogP contribution >= 0.6 is 0 Å². The quantitative estimate of drug-likeness (QED) is 0.794. The lowest BCUT2D eigenvalue weighted by atomic mass is 10.2. The van der Waals surface area contributed by atoms with Gasteiger partial charge < -0.3 is 10.2 Å². The van der Waals surface area contributed by atoms with Crippen molar-refractivity contribution >= 4 is 5.82 Å². The minimum absolute atomic E-state index is 0.818. The number of nitrogens with zero attached hydrogens (tertiary/aromatic N) is 3. The van der Waals surface area contributed by atoms with Gasteiger partial charge in [-0.3, -0.25) is 0 Å². The molecule has 1 heterocycles. The van der Waals surface area contributed by atoms with Crippen LogP contribution in [0.15, 0.2) is 36.4 Å². The minimum atomic E-state index is 0.818. The van der Waals surface area contributed by atoms with Gasteiger partial charge in [-0.1, -0.05) is 30.3 Å². The molecule has 0 fully saturated rings. The summed E-state index contributed by atoms with van der Waals surface area (Å²) in [4.78, 5) is 11.0. The second-order valence-corrected chi connectivity index (χ2v) is 5.45. The lowest BCUT2D eigenvalue weighted by molar-refractivity contribution is 0.325. The van der Waals surface area contributed by atoms with E-state index in [0.29, 0.717) is 0 Å². The number of hydrogen-bond acceptors (Lipinski definition) is 4. The summed E-state index contributed by atoms with van der Waals surface area (Å²) >= 11 is 0. The monoisotopic (exact) mass is 284 g/mol. The molecule has 0 unspecified atom stereocenters. The number of aromatic nitrogens is 2. The van der Waals surface area contributed by atoms with Crippen LogP contribution in [0, 0.1) is 13.8 Å². The van der Waals surface area contributed by atoms with E-state index in [0.717, 1.165) is 43.4 Å². The van der Waals surface area contributed by atoms with Crippen molar-refractivity contribution in [2.24, 2.45) is 0 Å². The predicted octanol–water partition coefficient (Wildman–Crippen LogP) is 3.03. The Hall–Kier alpha value is -1.94. The van der Waals surface area contributed by atoms with Crippen molar-refractivity contribution in [1.82, 2.24) is 14.9 Å². The Bertz CT molecular complexity index is 534. The van der Waals surface area contributed by atoms with Gasteiger partial charge in [0.15, 0.2) is 0 Å². The van der Waals surface area contributed by atoms with Gasteiger partial charge in [-0.05, 0) is 39.4 Å². The summed E-state index contributed by atoms with van der Waals surface area (Å²) in [5, 5.41) is 3.37. The third-order valence-corrected chi connectivity index (χ3v) is 3.28. The fraction of sp³-hybridized carbons (Fsp3) is 0.412. The molecule has 0 atom stereocenters. The average Bonchev–Trinajstić information content (AvgIpc) is 2.44. The summed E-state index contributed by atoms with van der Waals surface area (Å²) in [7, 11) is 2.16. The van der Waals surface area contributed by atoms with E-state index < -0.39 is 0 Å². The van der Waals surface area contributed by atoms with E-state index in [1.165, 1.54) is 5.56 Å². The van der Waals surface area contributed by atoms with Gasteiger partial charge in [-0.2, -0.15) is 0 Å². The van der Waals surface area contributed by atoms with Gasteiger partial charge in [0.25, 0.3) is 0 Å².